The quantitative estimate of drug-likeness (QED) is 0.886. The van der Waals surface area contributed by atoms with Crippen molar-refractivity contribution in [1.82, 2.24) is 9.97 Å². The van der Waals surface area contributed by atoms with E-state index in [0.29, 0.717) is 18.2 Å². The van der Waals surface area contributed by atoms with E-state index in [2.05, 4.69) is 9.97 Å². The number of aliphatic hydroxyl groups excluding tert-OH is 1. The SMILES string of the molecule is COCc1ccc(C(O)c2nccnc2OC)cc1. The van der Waals surface area contributed by atoms with Gasteiger partial charge in [-0.15, -0.1) is 0 Å². The highest BCUT2D eigenvalue weighted by Gasteiger charge is 2.17. The first kappa shape index (κ1) is 13.5. The standard InChI is InChI=1S/C14H16N2O3/c1-18-9-10-3-5-11(6-4-10)13(17)12-14(19-2)16-8-7-15-12/h3-8,13,17H,9H2,1-2H3. The maximum absolute atomic E-state index is 10.3. The van der Waals surface area contributed by atoms with E-state index in [4.69, 9.17) is 9.47 Å². The van der Waals surface area contributed by atoms with E-state index in [9.17, 15) is 5.11 Å². The van der Waals surface area contributed by atoms with Gasteiger partial charge in [0.25, 0.3) is 0 Å². The molecule has 1 N–H and O–H groups in total. The van der Waals surface area contributed by atoms with Crippen LogP contribution in [-0.2, 0) is 11.3 Å². The van der Waals surface area contributed by atoms with Crippen LogP contribution in [0.25, 0.3) is 0 Å². The minimum atomic E-state index is -0.861. The predicted molar refractivity (Wildman–Crippen MR) is 69.8 cm³/mol. The highest BCUT2D eigenvalue weighted by Crippen LogP contribution is 2.26. The van der Waals surface area contributed by atoms with Crippen molar-refractivity contribution in [3.63, 3.8) is 0 Å². The van der Waals surface area contributed by atoms with Crippen LogP contribution in [0.5, 0.6) is 5.88 Å². The van der Waals surface area contributed by atoms with E-state index in [0.717, 1.165) is 11.1 Å². The van der Waals surface area contributed by atoms with Gasteiger partial charge in [-0.3, -0.25) is 4.98 Å². The molecule has 0 amide bonds. The van der Waals surface area contributed by atoms with Crippen LogP contribution in [0.15, 0.2) is 36.7 Å². The molecule has 1 aromatic heterocycles. The summed E-state index contributed by atoms with van der Waals surface area (Å²) in [5, 5.41) is 10.3. The van der Waals surface area contributed by atoms with Crippen molar-refractivity contribution >= 4 is 0 Å². The number of aliphatic hydroxyl groups is 1. The average molecular weight is 260 g/mol. The van der Waals surface area contributed by atoms with Gasteiger partial charge in [0.15, 0.2) is 0 Å². The summed E-state index contributed by atoms with van der Waals surface area (Å²) in [5.41, 5.74) is 2.19. The van der Waals surface area contributed by atoms with E-state index in [1.54, 1.807) is 7.11 Å². The van der Waals surface area contributed by atoms with Crippen molar-refractivity contribution in [2.24, 2.45) is 0 Å². The average Bonchev–Trinajstić information content (AvgIpc) is 2.47. The zero-order chi connectivity index (χ0) is 13.7. The minimum Gasteiger partial charge on any atom is -0.480 e. The van der Waals surface area contributed by atoms with Crippen molar-refractivity contribution in [3.05, 3.63) is 53.5 Å². The number of rotatable bonds is 5. The fraction of sp³-hybridized carbons (Fsp3) is 0.286. The first-order valence-electron chi connectivity index (χ1n) is 5.87. The maximum atomic E-state index is 10.3. The summed E-state index contributed by atoms with van der Waals surface area (Å²) >= 11 is 0. The number of hydrogen-bond donors (Lipinski definition) is 1. The summed E-state index contributed by atoms with van der Waals surface area (Å²) in [6, 6.07) is 7.50. The predicted octanol–water partition coefficient (Wildman–Crippen LogP) is 1.71. The van der Waals surface area contributed by atoms with Crippen LogP contribution in [0.4, 0.5) is 0 Å². The molecule has 0 fully saturated rings. The molecular weight excluding hydrogens is 244 g/mol. The molecule has 5 heteroatoms. The first-order chi connectivity index (χ1) is 9.26. The molecule has 0 aliphatic carbocycles. The summed E-state index contributed by atoms with van der Waals surface area (Å²) in [6.45, 7) is 0.546. The molecule has 1 unspecified atom stereocenters. The monoisotopic (exact) mass is 260 g/mol. The van der Waals surface area contributed by atoms with Gasteiger partial charge in [-0.2, -0.15) is 0 Å². The zero-order valence-electron chi connectivity index (χ0n) is 10.9. The van der Waals surface area contributed by atoms with Gasteiger partial charge >= 0.3 is 0 Å². The second kappa shape index (κ2) is 6.26. The van der Waals surface area contributed by atoms with Gasteiger partial charge in [0.05, 0.1) is 13.7 Å². The van der Waals surface area contributed by atoms with Crippen molar-refractivity contribution < 1.29 is 14.6 Å². The van der Waals surface area contributed by atoms with Crippen LogP contribution in [0, 0.1) is 0 Å². The Kier molecular flexibility index (Phi) is 4.43. The topological polar surface area (TPSA) is 64.5 Å². The molecule has 2 aromatic rings. The van der Waals surface area contributed by atoms with Gasteiger partial charge in [-0.25, -0.2) is 4.98 Å². The van der Waals surface area contributed by atoms with E-state index in [1.165, 1.54) is 19.5 Å². The van der Waals surface area contributed by atoms with Gasteiger partial charge in [0.2, 0.25) is 5.88 Å². The molecule has 1 aromatic carbocycles. The Morgan fingerprint density at radius 1 is 1.11 bits per heavy atom. The van der Waals surface area contributed by atoms with Crippen LogP contribution < -0.4 is 4.74 Å². The van der Waals surface area contributed by atoms with Gasteiger partial charge in [-0.05, 0) is 11.1 Å². The number of methoxy groups -OCH3 is 2. The fourth-order valence-corrected chi connectivity index (χ4v) is 1.80. The van der Waals surface area contributed by atoms with E-state index >= 15 is 0 Å². The van der Waals surface area contributed by atoms with Crippen LogP contribution >= 0.6 is 0 Å². The van der Waals surface area contributed by atoms with Gasteiger partial charge < -0.3 is 14.6 Å². The highest BCUT2D eigenvalue weighted by molar-refractivity contribution is 5.32. The molecule has 19 heavy (non-hydrogen) atoms. The smallest absolute Gasteiger partial charge is 0.238 e. The molecular formula is C14H16N2O3. The number of hydrogen-bond acceptors (Lipinski definition) is 5. The molecule has 1 heterocycles. The van der Waals surface area contributed by atoms with Crippen molar-refractivity contribution in [1.29, 1.82) is 0 Å². The lowest BCUT2D eigenvalue weighted by atomic mass is 10.0. The van der Waals surface area contributed by atoms with Gasteiger partial charge in [-0.1, -0.05) is 24.3 Å². The zero-order valence-corrected chi connectivity index (χ0v) is 10.9. The molecule has 5 nitrogen and oxygen atoms in total. The summed E-state index contributed by atoms with van der Waals surface area (Å²) in [6.07, 6.45) is 2.19. The van der Waals surface area contributed by atoms with Crippen LogP contribution in [0.2, 0.25) is 0 Å². The third-order valence-electron chi connectivity index (χ3n) is 2.75. The largest absolute Gasteiger partial charge is 0.480 e. The minimum absolute atomic E-state index is 0.330. The summed E-state index contributed by atoms with van der Waals surface area (Å²) < 4.78 is 10.1. The molecule has 0 aliphatic heterocycles. The van der Waals surface area contributed by atoms with Gasteiger partial charge in [0.1, 0.15) is 11.8 Å². The Bertz CT molecular complexity index is 528. The van der Waals surface area contributed by atoms with E-state index < -0.39 is 6.10 Å². The Morgan fingerprint density at radius 2 is 1.79 bits per heavy atom. The van der Waals surface area contributed by atoms with Crippen LogP contribution in [0.1, 0.15) is 22.9 Å². The third kappa shape index (κ3) is 3.07. The van der Waals surface area contributed by atoms with Crippen molar-refractivity contribution in [2.75, 3.05) is 14.2 Å². The number of aromatic nitrogens is 2. The van der Waals surface area contributed by atoms with Crippen LogP contribution in [-0.4, -0.2) is 29.3 Å². The molecule has 0 radical (unpaired) electrons. The fourth-order valence-electron chi connectivity index (χ4n) is 1.80. The summed E-state index contributed by atoms with van der Waals surface area (Å²) in [7, 11) is 3.15. The van der Waals surface area contributed by atoms with Crippen molar-refractivity contribution in [3.8, 4) is 5.88 Å². The Balaban J connectivity index is 2.25. The normalized spacial score (nSPS) is 12.2. The second-order valence-electron chi connectivity index (χ2n) is 4.03. The highest BCUT2D eigenvalue weighted by atomic mass is 16.5. The van der Waals surface area contributed by atoms with E-state index in [-0.39, 0.29) is 0 Å². The lowest BCUT2D eigenvalue weighted by Crippen LogP contribution is -2.06. The lowest BCUT2D eigenvalue weighted by molar-refractivity contribution is 0.184. The molecule has 0 aliphatic rings. The summed E-state index contributed by atoms with van der Waals surface area (Å²) in [4.78, 5) is 8.15. The number of nitrogens with zero attached hydrogens (tertiary/aromatic N) is 2. The third-order valence-corrected chi connectivity index (χ3v) is 2.75. The Morgan fingerprint density at radius 3 is 2.42 bits per heavy atom. The molecule has 0 saturated heterocycles. The van der Waals surface area contributed by atoms with E-state index in [1.807, 2.05) is 24.3 Å². The van der Waals surface area contributed by atoms with Crippen molar-refractivity contribution in [2.45, 2.75) is 12.7 Å². The lowest BCUT2D eigenvalue weighted by Gasteiger charge is -2.13. The maximum Gasteiger partial charge on any atom is 0.238 e. The Labute approximate surface area is 111 Å². The first-order valence-corrected chi connectivity index (χ1v) is 5.87. The number of ether oxygens (including phenoxy) is 2. The molecule has 100 valence electrons. The number of benzene rings is 1. The summed E-state index contributed by atoms with van der Waals surface area (Å²) in [5.74, 6) is 0.330. The van der Waals surface area contributed by atoms with Crippen LogP contribution in [0.3, 0.4) is 0 Å². The van der Waals surface area contributed by atoms with Gasteiger partial charge in [0, 0.05) is 19.5 Å². The Hall–Kier alpha value is -1.98. The molecule has 0 spiro atoms. The molecule has 0 saturated carbocycles. The second-order valence-corrected chi connectivity index (χ2v) is 4.03. The molecule has 0 bridgehead atoms. The molecule has 2 rings (SSSR count). The molecule has 1 atom stereocenters.